The van der Waals surface area contributed by atoms with Gasteiger partial charge in [0, 0.05) is 10.3 Å². The van der Waals surface area contributed by atoms with Crippen LogP contribution >= 0.6 is 34.4 Å². The first-order valence-corrected chi connectivity index (χ1v) is 10.6. The van der Waals surface area contributed by atoms with Gasteiger partial charge in [-0.25, -0.2) is 9.97 Å². The van der Waals surface area contributed by atoms with Crippen molar-refractivity contribution in [1.82, 2.24) is 20.2 Å². The third-order valence-corrected chi connectivity index (χ3v) is 6.85. The zero-order valence-corrected chi connectivity index (χ0v) is 16.7. The molecule has 5 rings (SSSR count). The van der Waals surface area contributed by atoms with Crippen molar-refractivity contribution in [2.45, 2.75) is 24.1 Å². The number of rotatable bonds is 4. The summed E-state index contributed by atoms with van der Waals surface area (Å²) in [4.78, 5) is 12.8. The molecule has 6 nitrogen and oxygen atoms in total. The van der Waals surface area contributed by atoms with Gasteiger partial charge in [-0.05, 0) is 54.8 Å². The highest BCUT2D eigenvalue weighted by Gasteiger charge is 2.20. The van der Waals surface area contributed by atoms with E-state index in [0.717, 1.165) is 20.1 Å². The number of hydrogen-bond donors (Lipinski definition) is 0. The smallest absolute Gasteiger partial charge is 0.284 e. The first-order valence-electron chi connectivity index (χ1n) is 8.06. The Morgan fingerprint density at radius 2 is 2.00 bits per heavy atom. The second-order valence-corrected chi connectivity index (χ2v) is 8.84. The van der Waals surface area contributed by atoms with Crippen molar-refractivity contribution in [2.24, 2.45) is 0 Å². The van der Waals surface area contributed by atoms with E-state index in [4.69, 9.17) is 18.8 Å². The number of nitrogens with zero attached hydrogens (tertiary/aromatic N) is 4. The molecule has 5 aromatic heterocycles. The molecule has 0 saturated carbocycles. The average molecular weight is 413 g/mol. The van der Waals surface area contributed by atoms with Crippen molar-refractivity contribution < 1.29 is 8.83 Å². The van der Waals surface area contributed by atoms with E-state index < -0.39 is 0 Å². The van der Waals surface area contributed by atoms with Crippen LogP contribution in [0, 0.1) is 13.8 Å². The number of aryl methyl sites for hydroxylation is 2. The molecule has 27 heavy (non-hydrogen) atoms. The first kappa shape index (κ1) is 16.7. The zero-order chi connectivity index (χ0) is 18.4. The SMILES string of the molecule is Cc1sc2nc(-c3cccs3)nc(Sc3nnc(-c4ccco4)o3)c2c1C. The summed E-state index contributed by atoms with van der Waals surface area (Å²) in [5.74, 6) is 1.61. The van der Waals surface area contributed by atoms with E-state index >= 15 is 0 Å². The van der Waals surface area contributed by atoms with Gasteiger partial charge in [0.05, 0.1) is 11.1 Å². The average Bonchev–Trinajstić information content (AvgIpc) is 3.43. The van der Waals surface area contributed by atoms with Gasteiger partial charge >= 0.3 is 0 Å². The highest BCUT2D eigenvalue weighted by atomic mass is 32.2. The topological polar surface area (TPSA) is 77.8 Å². The number of furan rings is 1. The molecule has 0 radical (unpaired) electrons. The third-order valence-electron chi connectivity index (χ3n) is 4.06. The Balaban J connectivity index is 1.61. The summed E-state index contributed by atoms with van der Waals surface area (Å²) < 4.78 is 11.1. The van der Waals surface area contributed by atoms with Crippen LogP contribution in [0.3, 0.4) is 0 Å². The van der Waals surface area contributed by atoms with Crippen molar-refractivity contribution in [1.29, 1.82) is 0 Å². The molecular weight excluding hydrogens is 400 g/mol. The molecule has 0 aliphatic rings. The summed E-state index contributed by atoms with van der Waals surface area (Å²) in [5, 5.41) is 12.5. The van der Waals surface area contributed by atoms with Crippen molar-refractivity contribution in [2.75, 3.05) is 0 Å². The molecule has 0 aromatic carbocycles. The van der Waals surface area contributed by atoms with Gasteiger partial charge < -0.3 is 8.83 Å². The fourth-order valence-electron chi connectivity index (χ4n) is 2.64. The van der Waals surface area contributed by atoms with Crippen LogP contribution in [0.4, 0.5) is 0 Å². The molecule has 0 aliphatic heterocycles. The Bertz CT molecular complexity index is 1220. The molecule has 0 bridgehead atoms. The normalized spacial score (nSPS) is 11.5. The van der Waals surface area contributed by atoms with Gasteiger partial charge in [0.25, 0.3) is 11.1 Å². The van der Waals surface area contributed by atoms with E-state index in [-0.39, 0.29) is 0 Å². The Labute approximate surface area is 166 Å². The van der Waals surface area contributed by atoms with Gasteiger partial charge in [-0.1, -0.05) is 6.07 Å². The van der Waals surface area contributed by atoms with Crippen LogP contribution in [0.2, 0.25) is 0 Å². The summed E-state index contributed by atoms with van der Waals surface area (Å²) in [6.45, 7) is 4.19. The molecule has 0 saturated heterocycles. The van der Waals surface area contributed by atoms with Gasteiger partial charge in [-0.2, -0.15) is 0 Å². The van der Waals surface area contributed by atoms with Crippen molar-refractivity contribution in [3.05, 3.63) is 46.3 Å². The number of hydrogen-bond acceptors (Lipinski definition) is 9. The summed E-state index contributed by atoms with van der Waals surface area (Å²) in [5.41, 5.74) is 1.18. The van der Waals surface area contributed by atoms with Crippen LogP contribution in [0.5, 0.6) is 0 Å². The number of aromatic nitrogens is 4. The molecule has 5 aromatic rings. The lowest BCUT2D eigenvalue weighted by atomic mass is 10.2. The molecule has 9 heteroatoms. The standard InChI is InChI=1S/C18H12N4O2S3/c1-9-10(2)26-16-13(9)17(20-14(19-16)12-6-4-8-25-12)27-18-22-21-15(24-18)11-5-3-7-23-11/h3-8H,1-2H3. The van der Waals surface area contributed by atoms with Crippen molar-refractivity contribution >= 4 is 44.7 Å². The van der Waals surface area contributed by atoms with Crippen LogP contribution in [-0.2, 0) is 0 Å². The highest BCUT2D eigenvalue weighted by Crippen LogP contribution is 2.39. The molecule has 0 spiro atoms. The van der Waals surface area contributed by atoms with Crippen LogP contribution in [-0.4, -0.2) is 20.2 Å². The predicted octanol–water partition coefficient (Wildman–Crippen LogP) is 5.83. The summed E-state index contributed by atoms with van der Waals surface area (Å²) in [6.07, 6.45) is 1.57. The Kier molecular flexibility index (Phi) is 4.07. The van der Waals surface area contributed by atoms with E-state index in [1.165, 1.54) is 22.2 Å². The Morgan fingerprint density at radius 3 is 2.78 bits per heavy atom. The zero-order valence-electron chi connectivity index (χ0n) is 14.3. The lowest BCUT2D eigenvalue weighted by molar-refractivity contribution is 0.447. The van der Waals surface area contributed by atoms with E-state index in [9.17, 15) is 0 Å². The second-order valence-electron chi connectivity index (χ2n) is 5.75. The Hall–Kier alpha value is -2.49. The van der Waals surface area contributed by atoms with E-state index in [0.29, 0.717) is 22.7 Å². The molecule has 0 fully saturated rings. The monoisotopic (exact) mass is 412 g/mol. The lowest BCUT2D eigenvalue weighted by Gasteiger charge is -2.03. The number of fused-ring (bicyclic) bond motifs is 1. The van der Waals surface area contributed by atoms with E-state index in [1.807, 2.05) is 17.5 Å². The minimum atomic E-state index is 0.351. The molecule has 0 unspecified atom stereocenters. The first-order chi connectivity index (χ1) is 13.2. The van der Waals surface area contributed by atoms with Crippen LogP contribution in [0.15, 0.2) is 55.0 Å². The van der Waals surface area contributed by atoms with Gasteiger partial charge in [-0.3, -0.25) is 0 Å². The Morgan fingerprint density at radius 1 is 1.07 bits per heavy atom. The minimum Gasteiger partial charge on any atom is -0.459 e. The van der Waals surface area contributed by atoms with Gasteiger partial charge in [0.2, 0.25) is 0 Å². The summed E-state index contributed by atoms with van der Waals surface area (Å²) >= 11 is 4.65. The highest BCUT2D eigenvalue weighted by molar-refractivity contribution is 7.99. The minimum absolute atomic E-state index is 0.351. The van der Waals surface area contributed by atoms with Gasteiger partial charge in [0.15, 0.2) is 11.6 Å². The van der Waals surface area contributed by atoms with Crippen molar-refractivity contribution in [3.63, 3.8) is 0 Å². The second kappa shape index (κ2) is 6.59. The van der Waals surface area contributed by atoms with Crippen molar-refractivity contribution in [3.8, 4) is 22.4 Å². The lowest BCUT2D eigenvalue weighted by Crippen LogP contribution is -1.91. The van der Waals surface area contributed by atoms with Crippen LogP contribution in [0.25, 0.3) is 32.6 Å². The fourth-order valence-corrected chi connectivity index (χ4v) is 5.24. The molecule has 0 N–H and O–H groups in total. The summed E-state index contributed by atoms with van der Waals surface area (Å²) in [6, 6.07) is 7.59. The largest absolute Gasteiger partial charge is 0.459 e. The van der Waals surface area contributed by atoms with E-state index in [1.54, 1.807) is 41.1 Å². The summed E-state index contributed by atoms with van der Waals surface area (Å²) in [7, 11) is 0. The molecule has 0 aliphatic carbocycles. The van der Waals surface area contributed by atoms with Gasteiger partial charge in [0.1, 0.15) is 9.86 Å². The molecule has 0 amide bonds. The van der Waals surface area contributed by atoms with Crippen LogP contribution < -0.4 is 0 Å². The molecule has 0 atom stereocenters. The van der Waals surface area contributed by atoms with E-state index in [2.05, 4.69) is 24.0 Å². The van der Waals surface area contributed by atoms with Gasteiger partial charge in [-0.15, -0.1) is 32.9 Å². The maximum absolute atomic E-state index is 5.75. The molecular formula is C18H12N4O2S3. The molecule has 5 heterocycles. The maximum Gasteiger partial charge on any atom is 0.284 e. The fraction of sp³-hybridized carbons (Fsp3) is 0.111. The molecule has 134 valence electrons. The van der Waals surface area contributed by atoms with Crippen LogP contribution in [0.1, 0.15) is 10.4 Å². The maximum atomic E-state index is 5.75. The quantitative estimate of drug-likeness (QED) is 0.344. The number of thiophene rings is 2. The predicted molar refractivity (Wildman–Crippen MR) is 106 cm³/mol. The third kappa shape index (κ3) is 2.97.